The van der Waals surface area contributed by atoms with E-state index in [0.29, 0.717) is 40.6 Å². The van der Waals surface area contributed by atoms with Gasteiger partial charge in [0.15, 0.2) is 0 Å². The first-order valence-electron chi connectivity index (χ1n) is 11.9. The van der Waals surface area contributed by atoms with Crippen molar-refractivity contribution in [2.24, 2.45) is 0 Å². The molecule has 4 nitrogen and oxygen atoms in total. The van der Waals surface area contributed by atoms with Crippen LogP contribution in [0.4, 0.5) is 13.2 Å². The second kappa shape index (κ2) is 11.2. The van der Waals surface area contributed by atoms with Crippen LogP contribution in [-0.2, 0) is 6.18 Å². The van der Waals surface area contributed by atoms with E-state index < -0.39 is 11.7 Å². The lowest BCUT2D eigenvalue weighted by Gasteiger charge is -2.32. The van der Waals surface area contributed by atoms with Gasteiger partial charge in [-0.05, 0) is 66.7 Å². The Morgan fingerprint density at radius 3 is 1.84 bits per heavy atom. The molecule has 1 aromatic heterocycles. The van der Waals surface area contributed by atoms with Crippen LogP contribution in [0.2, 0.25) is 5.02 Å². The van der Waals surface area contributed by atoms with Gasteiger partial charge in [0.05, 0.1) is 22.6 Å². The molecule has 198 valence electrons. The smallest absolute Gasteiger partial charge is 0.336 e. The predicted octanol–water partition coefficient (Wildman–Crippen LogP) is 7.29. The van der Waals surface area contributed by atoms with Gasteiger partial charge in [-0.1, -0.05) is 48.0 Å². The lowest BCUT2D eigenvalue weighted by atomic mass is 10.1. The number of piperazine rings is 1. The maximum Gasteiger partial charge on any atom is 0.418 e. The Morgan fingerprint density at radius 1 is 0.763 bits per heavy atom. The first kappa shape index (κ1) is 27.8. The Balaban J connectivity index is 0.00000336. The monoisotopic (exact) mass is 559 g/mol. The van der Waals surface area contributed by atoms with Crippen molar-refractivity contribution in [3.63, 3.8) is 0 Å². The zero-order valence-electron chi connectivity index (χ0n) is 20.6. The molecule has 3 aromatic carbocycles. The summed E-state index contributed by atoms with van der Waals surface area (Å²) in [5.74, 6) is -0.0423. The van der Waals surface area contributed by atoms with Crippen LogP contribution in [-0.4, -0.2) is 53.5 Å². The van der Waals surface area contributed by atoms with Gasteiger partial charge in [0.1, 0.15) is 0 Å². The van der Waals surface area contributed by atoms with E-state index in [4.69, 9.17) is 11.6 Å². The summed E-state index contributed by atoms with van der Waals surface area (Å²) in [7, 11) is 2.03. The Morgan fingerprint density at radius 2 is 1.29 bits per heavy atom. The van der Waals surface area contributed by atoms with Crippen molar-refractivity contribution in [3.05, 3.63) is 101 Å². The van der Waals surface area contributed by atoms with Crippen LogP contribution in [0, 0.1) is 0 Å². The number of carbonyl (C=O) groups is 1. The molecule has 0 N–H and O–H groups in total. The molecule has 0 spiro atoms. The molecule has 0 bridgehead atoms. The van der Waals surface area contributed by atoms with Crippen molar-refractivity contribution in [1.29, 1.82) is 0 Å². The molecular weight excluding hydrogens is 534 g/mol. The Kier molecular flexibility index (Phi) is 8.21. The van der Waals surface area contributed by atoms with Gasteiger partial charge in [0.25, 0.3) is 5.91 Å². The molecule has 0 aliphatic carbocycles. The number of halogens is 5. The zero-order valence-corrected chi connectivity index (χ0v) is 22.2. The van der Waals surface area contributed by atoms with Crippen LogP contribution in [0.3, 0.4) is 0 Å². The van der Waals surface area contributed by atoms with E-state index in [2.05, 4.69) is 4.90 Å². The lowest BCUT2D eigenvalue weighted by molar-refractivity contribution is -0.137. The fourth-order valence-corrected chi connectivity index (χ4v) is 4.78. The molecule has 1 amide bonds. The summed E-state index contributed by atoms with van der Waals surface area (Å²) in [6, 6.07) is 23.2. The van der Waals surface area contributed by atoms with Gasteiger partial charge in [0.2, 0.25) is 0 Å². The van der Waals surface area contributed by atoms with Gasteiger partial charge in [0, 0.05) is 36.8 Å². The number of benzene rings is 3. The van der Waals surface area contributed by atoms with Crippen molar-refractivity contribution in [3.8, 4) is 28.2 Å². The summed E-state index contributed by atoms with van der Waals surface area (Å²) >= 11 is 6.06. The topological polar surface area (TPSA) is 28.5 Å². The number of hydrogen-bond donors (Lipinski definition) is 0. The highest BCUT2D eigenvalue weighted by Crippen LogP contribution is 2.39. The SMILES string of the molecule is CN1CCN(C(=O)c2ccc(-c3ccc(-c4ccc(Cl)cc4)n3-c3ccccc3C(F)(F)F)cc2)CC1.Cl. The lowest BCUT2D eigenvalue weighted by Crippen LogP contribution is -2.47. The van der Waals surface area contributed by atoms with Gasteiger partial charge < -0.3 is 14.4 Å². The summed E-state index contributed by atoms with van der Waals surface area (Å²) < 4.78 is 43.7. The third-order valence-electron chi connectivity index (χ3n) is 6.69. The molecule has 1 aliphatic rings. The van der Waals surface area contributed by atoms with Gasteiger partial charge >= 0.3 is 6.18 Å². The van der Waals surface area contributed by atoms with Crippen LogP contribution in [0.5, 0.6) is 0 Å². The number of carbonyl (C=O) groups excluding carboxylic acids is 1. The van der Waals surface area contributed by atoms with E-state index in [-0.39, 0.29) is 24.0 Å². The minimum absolute atomic E-state index is 0. The average Bonchev–Trinajstić information content (AvgIpc) is 3.34. The number of amides is 1. The van der Waals surface area contributed by atoms with Crippen LogP contribution in [0.15, 0.2) is 84.9 Å². The Hall–Kier alpha value is -3.26. The minimum Gasteiger partial charge on any atom is -0.336 e. The van der Waals surface area contributed by atoms with Gasteiger partial charge in [-0.15, -0.1) is 12.4 Å². The zero-order chi connectivity index (χ0) is 26.2. The highest BCUT2D eigenvalue weighted by atomic mass is 35.5. The highest BCUT2D eigenvalue weighted by Gasteiger charge is 2.34. The van der Waals surface area contributed by atoms with Crippen LogP contribution < -0.4 is 0 Å². The highest BCUT2D eigenvalue weighted by molar-refractivity contribution is 6.30. The summed E-state index contributed by atoms with van der Waals surface area (Å²) in [6.45, 7) is 2.98. The van der Waals surface area contributed by atoms with Crippen LogP contribution in [0.25, 0.3) is 28.2 Å². The van der Waals surface area contributed by atoms with Crippen LogP contribution in [0.1, 0.15) is 15.9 Å². The minimum atomic E-state index is -4.53. The molecule has 9 heteroatoms. The first-order chi connectivity index (χ1) is 17.7. The van der Waals surface area contributed by atoms with E-state index in [1.165, 1.54) is 12.1 Å². The third-order valence-corrected chi connectivity index (χ3v) is 6.94. The molecule has 1 fully saturated rings. The Bertz CT molecular complexity index is 1410. The molecule has 38 heavy (non-hydrogen) atoms. The molecule has 0 unspecified atom stereocenters. The summed E-state index contributed by atoms with van der Waals surface area (Å²) in [4.78, 5) is 17.0. The molecular formula is C29H26Cl2F3N3O. The predicted molar refractivity (Wildman–Crippen MR) is 147 cm³/mol. The van der Waals surface area contributed by atoms with E-state index in [1.807, 2.05) is 11.9 Å². The van der Waals surface area contributed by atoms with E-state index >= 15 is 0 Å². The number of hydrogen-bond acceptors (Lipinski definition) is 2. The number of alkyl halides is 3. The second-order valence-corrected chi connectivity index (χ2v) is 9.57. The number of nitrogens with zero attached hydrogens (tertiary/aromatic N) is 3. The van der Waals surface area contributed by atoms with Gasteiger partial charge in [-0.3, -0.25) is 4.79 Å². The van der Waals surface area contributed by atoms with E-state index in [9.17, 15) is 18.0 Å². The molecule has 0 saturated carbocycles. The molecule has 0 radical (unpaired) electrons. The number of aromatic nitrogens is 1. The Labute approximate surface area is 230 Å². The standard InChI is InChI=1S/C29H25ClF3N3O.ClH/c1-34-16-18-35(19-17-34)28(37)22-8-6-20(7-9-22)25-14-15-26(21-10-12-23(30)13-11-21)36(25)27-5-3-2-4-24(27)29(31,32)33;/h2-15H,16-19H2,1H3;1H. The average molecular weight is 560 g/mol. The molecule has 1 aliphatic heterocycles. The fraction of sp³-hybridized carbons (Fsp3) is 0.207. The summed E-state index contributed by atoms with van der Waals surface area (Å²) in [6.07, 6.45) is -4.53. The quantitative estimate of drug-likeness (QED) is 0.262. The fourth-order valence-electron chi connectivity index (χ4n) is 4.65. The van der Waals surface area contributed by atoms with Crippen molar-refractivity contribution in [2.45, 2.75) is 6.18 Å². The first-order valence-corrected chi connectivity index (χ1v) is 12.3. The van der Waals surface area contributed by atoms with Crippen molar-refractivity contribution in [1.82, 2.24) is 14.4 Å². The van der Waals surface area contributed by atoms with E-state index in [0.717, 1.165) is 24.7 Å². The van der Waals surface area contributed by atoms with Gasteiger partial charge in [-0.2, -0.15) is 13.2 Å². The maximum absolute atomic E-state index is 14.0. The van der Waals surface area contributed by atoms with E-state index in [1.54, 1.807) is 71.3 Å². The van der Waals surface area contributed by atoms with Crippen molar-refractivity contribution >= 4 is 29.9 Å². The maximum atomic E-state index is 14.0. The molecule has 5 rings (SSSR count). The third kappa shape index (κ3) is 5.60. The summed E-state index contributed by atoms with van der Waals surface area (Å²) in [5, 5.41) is 0.540. The largest absolute Gasteiger partial charge is 0.418 e. The number of rotatable bonds is 4. The van der Waals surface area contributed by atoms with Gasteiger partial charge in [-0.25, -0.2) is 0 Å². The molecule has 1 saturated heterocycles. The number of likely N-dealkylation sites (N-methyl/N-ethyl adjacent to an activating group) is 1. The normalized spacial score (nSPS) is 14.3. The summed E-state index contributed by atoms with van der Waals surface area (Å²) in [5.41, 5.74) is 2.46. The van der Waals surface area contributed by atoms with Crippen LogP contribution >= 0.6 is 24.0 Å². The number of para-hydroxylation sites is 1. The molecule has 4 aromatic rings. The van der Waals surface area contributed by atoms with Crippen molar-refractivity contribution in [2.75, 3.05) is 33.2 Å². The molecule has 2 heterocycles. The molecule has 0 atom stereocenters. The second-order valence-electron chi connectivity index (χ2n) is 9.13. The van der Waals surface area contributed by atoms with Crippen molar-refractivity contribution < 1.29 is 18.0 Å².